The summed E-state index contributed by atoms with van der Waals surface area (Å²) in [6.07, 6.45) is 0.589. The fourth-order valence-corrected chi connectivity index (χ4v) is 4.66. The molecule has 1 atom stereocenters. The smallest absolute Gasteiger partial charge is 0.178 e. The van der Waals surface area contributed by atoms with Crippen molar-refractivity contribution < 1.29 is 8.42 Å². The molecular formula is C16H16BrNO2S. The van der Waals surface area contributed by atoms with Crippen LogP contribution in [0, 0.1) is 6.92 Å². The van der Waals surface area contributed by atoms with Crippen molar-refractivity contribution in [1.82, 2.24) is 0 Å². The zero-order valence-corrected chi connectivity index (χ0v) is 14.0. The first-order valence-corrected chi connectivity index (χ1v) is 9.26. The number of benzene rings is 2. The molecule has 0 radical (unpaired) electrons. The lowest BCUT2D eigenvalue weighted by molar-refractivity contribution is 0.576. The number of anilines is 1. The fraction of sp³-hybridized carbons (Fsp3) is 0.250. The minimum atomic E-state index is -3.13. The SMILES string of the molecule is Cc1ccc(Br)cc1NC1CCS(=O)(=O)c2ccccc21. The fourth-order valence-electron chi connectivity index (χ4n) is 2.68. The van der Waals surface area contributed by atoms with Crippen molar-refractivity contribution in [3.63, 3.8) is 0 Å². The Hall–Kier alpha value is -1.33. The molecule has 110 valence electrons. The molecule has 1 aliphatic heterocycles. The summed E-state index contributed by atoms with van der Waals surface area (Å²) in [7, 11) is -3.13. The summed E-state index contributed by atoms with van der Waals surface area (Å²) < 4.78 is 25.3. The van der Waals surface area contributed by atoms with E-state index in [1.165, 1.54) is 0 Å². The maximum atomic E-state index is 12.2. The van der Waals surface area contributed by atoms with Gasteiger partial charge in [-0.1, -0.05) is 40.2 Å². The Kier molecular flexibility index (Phi) is 3.80. The van der Waals surface area contributed by atoms with E-state index < -0.39 is 9.84 Å². The van der Waals surface area contributed by atoms with Gasteiger partial charge in [0, 0.05) is 10.2 Å². The van der Waals surface area contributed by atoms with Gasteiger partial charge >= 0.3 is 0 Å². The summed E-state index contributed by atoms with van der Waals surface area (Å²) in [6.45, 7) is 2.04. The van der Waals surface area contributed by atoms with E-state index in [0.29, 0.717) is 11.3 Å². The van der Waals surface area contributed by atoms with Crippen LogP contribution in [-0.4, -0.2) is 14.2 Å². The number of fused-ring (bicyclic) bond motifs is 1. The molecule has 21 heavy (non-hydrogen) atoms. The largest absolute Gasteiger partial charge is 0.378 e. The van der Waals surface area contributed by atoms with Crippen LogP contribution in [0.15, 0.2) is 51.8 Å². The molecule has 1 unspecified atom stereocenters. The molecule has 0 spiro atoms. The van der Waals surface area contributed by atoms with Crippen molar-refractivity contribution in [2.24, 2.45) is 0 Å². The van der Waals surface area contributed by atoms with Crippen molar-refractivity contribution >= 4 is 31.5 Å². The minimum absolute atomic E-state index is 0.0257. The van der Waals surface area contributed by atoms with E-state index in [0.717, 1.165) is 21.3 Å². The average molecular weight is 366 g/mol. The molecule has 0 amide bonds. The maximum Gasteiger partial charge on any atom is 0.178 e. The summed E-state index contributed by atoms with van der Waals surface area (Å²) in [6, 6.07) is 13.4. The molecule has 5 heteroatoms. The van der Waals surface area contributed by atoms with E-state index in [1.807, 2.05) is 37.3 Å². The number of sulfone groups is 1. The molecule has 0 fully saturated rings. The van der Waals surface area contributed by atoms with E-state index in [1.54, 1.807) is 12.1 Å². The second-order valence-corrected chi connectivity index (χ2v) is 8.29. The van der Waals surface area contributed by atoms with Crippen LogP contribution in [0.3, 0.4) is 0 Å². The Morgan fingerprint density at radius 2 is 1.95 bits per heavy atom. The van der Waals surface area contributed by atoms with Crippen molar-refractivity contribution in [2.45, 2.75) is 24.3 Å². The predicted octanol–water partition coefficient (Wildman–Crippen LogP) is 4.09. The summed E-state index contributed by atoms with van der Waals surface area (Å²) in [5.41, 5.74) is 3.04. The highest BCUT2D eigenvalue weighted by Crippen LogP contribution is 2.35. The molecule has 3 nitrogen and oxygen atoms in total. The standard InChI is InChI=1S/C16H16BrNO2S/c1-11-6-7-12(17)10-15(11)18-14-8-9-21(19,20)16-5-3-2-4-13(14)16/h2-7,10,14,18H,8-9H2,1H3. The lowest BCUT2D eigenvalue weighted by atomic mass is 10.0. The molecule has 1 N–H and O–H groups in total. The van der Waals surface area contributed by atoms with Gasteiger partial charge in [0.25, 0.3) is 0 Å². The van der Waals surface area contributed by atoms with Gasteiger partial charge in [-0.3, -0.25) is 0 Å². The van der Waals surface area contributed by atoms with Crippen molar-refractivity contribution in [3.05, 3.63) is 58.1 Å². The molecule has 1 aliphatic rings. The van der Waals surface area contributed by atoms with Gasteiger partial charge in [0.05, 0.1) is 16.7 Å². The van der Waals surface area contributed by atoms with Crippen molar-refractivity contribution in [2.75, 3.05) is 11.1 Å². The van der Waals surface area contributed by atoms with Crippen LogP contribution in [0.2, 0.25) is 0 Å². The lowest BCUT2D eigenvalue weighted by Gasteiger charge is -2.27. The van der Waals surface area contributed by atoms with Gasteiger partial charge < -0.3 is 5.32 Å². The van der Waals surface area contributed by atoms with Crippen LogP contribution in [0.25, 0.3) is 0 Å². The van der Waals surface area contributed by atoms with Crippen LogP contribution in [0.5, 0.6) is 0 Å². The highest BCUT2D eigenvalue weighted by atomic mass is 79.9. The third-order valence-electron chi connectivity index (χ3n) is 3.83. The first-order valence-electron chi connectivity index (χ1n) is 6.82. The van der Waals surface area contributed by atoms with Gasteiger partial charge in [-0.15, -0.1) is 0 Å². The van der Waals surface area contributed by atoms with Gasteiger partial charge in [-0.2, -0.15) is 0 Å². The monoisotopic (exact) mass is 365 g/mol. The first kappa shape index (κ1) is 14.6. The topological polar surface area (TPSA) is 46.2 Å². The molecule has 0 aromatic heterocycles. The van der Waals surface area contributed by atoms with Gasteiger partial charge in [-0.25, -0.2) is 8.42 Å². The molecule has 1 heterocycles. The molecule has 0 saturated heterocycles. The summed E-state index contributed by atoms with van der Waals surface area (Å²) in [5, 5.41) is 3.49. The van der Waals surface area contributed by atoms with Gasteiger partial charge in [0.2, 0.25) is 0 Å². The second-order valence-electron chi connectivity index (χ2n) is 5.30. The van der Waals surface area contributed by atoms with Gasteiger partial charge in [-0.05, 0) is 42.7 Å². The van der Waals surface area contributed by atoms with Gasteiger partial charge in [0.1, 0.15) is 0 Å². The highest BCUT2D eigenvalue weighted by Gasteiger charge is 2.29. The molecule has 2 aromatic rings. The quantitative estimate of drug-likeness (QED) is 0.871. The van der Waals surface area contributed by atoms with Crippen molar-refractivity contribution in [3.8, 4) is 0 Å². The summed E-state index contributed by atoms with van der Waals surface area (Å²) >= 11 is 3.48. The minimum Gasteiger partial charge on any atom is -0.378 e. The Balaban J connectivity index is 1.99. The molecule has 3 rings (SSSR count). The van der Waals surface area contributed by atoms with Crippen LogP contribution in [0.1, 0.15) is 23.6 Å². The van der Waals surface area contributed by atoms with Crippen molar-refractivity contribution in [1.29, 1.82) is 0 Å². The lowest BCUT2D eigenvalue weighted by Crippen LogP contribution is -2.24. The summed E-state index contributed by atoms with van der Waals surface area (Å²) in [5.74, 6) is 0.189. The maximum absolute atomic E-state index is 12.2. The van der Waals surface area contributed by atoms with E-state index in [-0.39, 0.29) is 11.8 Å². The van der Waals surface area contributed by atoms with Gasteiger partial charge in [0.15, 0.2) is 9.84 Å². The van der Waals surface area contributed by atoms with Crippen LogP contribution < -0.4 is 5.32 Å². The first-order chi connectivity index (χ1) is 9.97. The Morgan fingerprint density at radius 1 is 1.19 bits per heavy atom. The van der Waals surface area contributed by atoms with E-state index in [9.17, 15) is 8.42 Å². The highest BCUT2D eigenvalue weighted by molar-refractivity contribution is 9.10. The van der Waals surface area contributed by atoms with E-state index >= 15 is 0 Å². The number of hydrogen-bond acceptors (Lipinski definition) is 3. The average Bonchev–Trinajstić information content (AvgIpc) is 2.46. The Bertz CT molecular complexity index is 787. The molecule has 0 aliphatic carbocycles. The van der Waals surface area contributed by atoms with Crippen LogP contribution in [0.4, 0.5) is 5.69 Å². The third-order valence-corrected chi connectivity index (χ3v) is 6.14. The molecule has 2 aromatic carbocycles. The second kappa shape index (κ2) is 5.46. The van der Waals surface area contributed by atoms with E-state index in [2.05, 4.69) is 21.2 Å². The Morgan fingerprint density at radius 3 is 2.76 bits per heavy atom. The molecular weight excluding hydrogens is 350 g/mol. The Labute approximate surface area is 133 Å². The number of rotatable bonds is 2. The molecule has 0 saturated carbocycles. The third kappa shape index (κ3) is 2.85. The number of hydrogen-bond donors (Lipinski definition) is 1. The zero-order valence-electron chi connectivity index (χ0n) is 11.6. The number of nitrogens with one attached hydrogen (secondary N) is 1. The van der Waals surface area contributed by atoms with Crippen LogP contribution in [-0.2, 0) is 9.84 Å². The van der Waals surface area contributed by atoms with Crippen LogP contribution >= 0.6 is 15.9 Å². The zero-order chi connectivity index (χ0) is 15.0. The van der Waals surface area contributed by atoms with E-state index in [4.69, 9.17) is 0 Å². The summed E-state index contributed by atoms with van der Waals surface area (Å²) in [4.78, 5) is 0.460. The predicted molar refractivity (Wildman–Crippen MR) is 88.4 cm³/mol. The number of halogens is 1. The number of aryl methyl sites for hydroxylation is 1. The normalized spacial score (nSPS) is 19.8. The molecule has 0 bridgehead atoms.